The molecule has 0 saturated heterocycles. The van der Waals surface area contributed by atoms with Crippen molar-refractivity contribution in [1.29, 1.82) is 0 Å². The topological polar surface area (TPSA) is 39.4 Å². The van der Waals surface area contributed by atoms with Gasteiger partial charge in [-0.15, -0.1) is 0 Å². The minimum Gasteiger partial charge on any atom is -0.481 e. The van der Waals surface area contributed by atoms with Crippen molar-refractivity contribution in [3.63, 3.8) is 0 Å². The summed E-state index contributed by atoms with van der Waals surface area (Å²) in [6.45, 7) is 3.83. The first-order valence-corrected chi connectivity index (χ1v) is 10.4. The van der Waals surface area contributed by atoms with Gasteiger partial charge in [-0.1, -0.05) is 59.1 Å². The quantitative estimate of drug-likeness (QED) is 0.315. The minimum absolute atomic E-state index is 0.0110. The zero-order valence-electron chi connectivity index (χ0n) is 16.3. The molecule has 0 saturated carbocycles. The highest BCUT2D eigenvalue weighted by molar-refractivity contribution is 6.36. The van der Waals surface area contributed by atoms with Gasteiger partial charge < -0.3 is 9.15 Å². The molecule has 0 amide bonds. The molecule has 0 atom stereocenters. The van der Waals surface area contributed by atoms with Crippen molar-refractivity contribution >= 4 is 45.8 Å². The molecule has 0 unspecified atom stereocenters. The summed E-state index contributed by atoms with van der Waals surface area (Å²) in [5, 5.41) is 1.83. The van der Waals surface area contributed by atoms with Crippen LogP contribution in [0, 0.1) is 13.8 Å². The van der Waals surface area contributed by atoms with E-state index >= 15 is 0 Å². The molecule has 0 aliphatic heterocycles. The molecule has 30 heavy (non-hydrogen) atoms. The lowest BCUT2D eigenvalue weighted by Crippen LogP contribution is -2.12. The van der Waals surface area contributed by atoms with E-state index in [-0.39, 0.29) is 23.5 Å². The van der Waals surface area contributed by atoms with Gasteiger partial charge in [0, 0.05) is 21.2 Å². The second-order valence-electron chi connectivity index (χ2n) is 7.01. The number of hydrogen-bond donors (Lipinski definition) is 0. The van der Waals surface area contributed by atoms with E-state index in [1.54, 1.807) is 30.3 Å². The van der Waals surface area contributed by atoms with Crippen LogP contribution >= 0.6 is 34.8 Å². The molecule has 0 radical (unpaired) electrons. The SMILES string of the molecule is Cc1cc(C)c2c(=O)c(OCc3c(Cl)cccc3Cl)c(-c3ccccc3Cl)oc2c1. The maximum absolute atomic E-state index is 13.5. The molecule has 0 aliphatic carbocycles. The third-order valence-corrected chi connectivity index (χ3v) is 5.87. The highest BCUT2D eigenvalue weighted by Gasteiger charge is 2.21. The Morgan fingerprint density at radius 3 is 2.27 bits per heavy atom. The number of rotatable bonds is 4. The lowest BCUT2D eigenvalue weighted by Gasteiger charge is -2.15. The van der Waals surface area contributed by atoms with E-state index in [0.29, 0.717) is 37.2 Å². The molecule has 1 aromatic heterocycles. The maximum atomic E-state index is 13.5. The zero-order chi connectivity index (χ0) is 21.4. The van der Waals surface area contributed by atoms with Crippen LogP contribution in [-0.2, 0) is 6.61 Å². The van der Waals surface area contributed by atoms with Crippen LogP contribution < -0.4 is 10.2 Å². The summed E-state index contributed by atoms with van der Waals surface area (Å²) in [5.41, 5.74) is 3.17. The smallest absolute Gasteiger partial charge is 0.235 e. The fourth-order valence-corrected chi connectivity index (χ4v) is 4.17. The van der Waals surface area contributed by atoms with E-state index in [1.807, 2.05) is 38.1 Å². The number of aryl methyl sites for hydroxylation is 2. The Morgan fingerprint density at radius 1 is 0.900 bits per heavy atom. The Morgan fingerprint density at radius 2 is 1.57 bits per heavy atom. The second kappa shape index (κ2) is 8.35. The Kier molecular flexibility index (Phi) is 5.79. The third kappa shape index (κ3) is 3.81. The molecule has 3 aromatic carbocycles. The van der Waals surface area contributed by atoms with E-state index in [0.717, 1.165) is 11.1 Å². The Balaban J connectivity index is 1.94. The molecule has 0 fully saturated rings. The normalized spacial score (nSPS) is 11.1. The van der Waals surface area contributed by atoms with Gasteiger partial charge >= 0.3 is 0 Å². The number of hydrogen-bond acceptors (Lipinski definition) is 3. The van der Waals surface area contributed by atoms with Crippen molar-refractivity contribution in [3.05, 3.63) is 96.6 Å². The minimum atomic E-state index is -0.271. The summed E-state index contributed by atoms with van der Waals surface area (Å²) >= 11 is 18.9. The molecule has 4 aromatic rings. The highest BCUT2D eigenvalue weighted by atomic mass is 35.5. The first-order chi connectivity index (χ1) is 14.4. The highest BCUT2D eigenvalue weighted by Crippen LogP contribution is 2.37. The van der Waals surface area contributed by atoms with Crippen LogP contribution in [0.4, 0.5) is 0 Å². The molecule has 6 heteroatoms. The Labute approximate surface area is 188 Å². The van der Waals surface area contributed by atoms with E-state index < -0.39 is 0 Å². The van der Waals surface area contributed by atoms with Crippen LogP contribution in [0.5, 0.6) is 5.75 Å². The van der Waals surface area contributed by atoms with Gasteiger partial charge in [-0.05, 0) is 55.3 Å². The molecule has 0 N–H and O–H groups in total. The van der Waals surface area contributed by atoms with Gasteiger partial charge in [0.15, 0.2) is 5.76 Å². The monoisotopic (exact) mass is 458 g/mol. The van der Waals surface area contributed by atoms with E-state index in [1.165, 1.54) is 0 Å². The van der Waals surface area contributed by atoms with Crippen molar-refractivity contribution in [2.75, 3.05) is 0 Å². The van der Waals surface area contributed by atoms with Gasteiger partial charge in [0.1, 0.15) is 12.2 Å². The van der Waals surface area contributed by atoms with Crippen molar-refractivity contribution in [1.82, 2.24) is 0 Å². The first kappa shape index (κ1) is 20.8. The molecule has 0 bridgehead atoms. The van der Waals surface area contributed by atoms with Gasteiger partial charge in [0.05, 0.1) is 10.4 Å². The summed E-state index contributed by atoms with van der Waals surface area (Å²) in [7, 11) is 0. The summed E-state index contributed by atoms with van der Waals surface area (Å²) in [6, 6.07) is 16.1. The summed E-state index contributed by atoms with van der Waals surface area (Å²) < 4.78 is 12.2. The predicted molar refractivity (Wildman–Crippen MR) is 123 cm³/mol. The fourth-order valence-electron chi connectivity index (χ4n) is 3.44. The molecule has 0 aliphatic rings. The lowest BCUT2D eigenvalue weighted by molar-refractivity contribution is 0.298. The largest absolute Gasteiger partial charge is 0.481 e. The molecule has 4 rings (SSSR count). The van der Waals surface area contributed by atoms with Gasteiger partial charge in [0.25, 0.3) is 0 Å². The van der Waals surface area contributed by atoms with Crippen molar-refractivity contribution in [3.8, 4) is 17.1 Å². The van der Waals surface area contributed by atoms with Crippen molar-refractivity contribution in [2.45, 2.75) is 20.5 Å². The lowest BCUT2D eigenvalue weighted by atomic mass is 10.0. The van der Waals surface area contributed by atoms with Gasteiger partial charge in [-0.3, -0.25) is 4.79 Å². The van der Waals surface area contributed by atoms with Gasteiger partial charge in [-0.2, -0.15) is 0 Å². The third-order valence-electron chi connectivity index (χ3n) is 4.84. The molecule has 3 nitrogen and oxygen atoms in total. The molecular formula is C24H17Cl3O3. The Hall–Kier alpha value is -2.46. The Bertz CT molecular complexity index is 1310. The summed E-state index contributed by atoms with van der Waals surface area (Å²) in [5.74, 6) is 0.338. The van der Waals surface area contributed by atoms with E-state index in [9.17, 15) is 4.79 Å². The van der Waals surface area contributed by atoms with E-state index in [4.69, 9.17) is 44.0 Å². The van der Waals surface area contributed by atoms with Crippen LogP contribution in [0.15, 0.2) is 63.8 Å². The van der Waals surface area contributed by atoms with Crippen LogP contribution in [0.1, 0.15) is 16.7 Å². The standard InChI is InChI=1S/C24H17Cl3O3/c1-13-10-14(2)21-20(11-13)30-23(15-6-3-4-7-17(15)25)24(22(21)28)29-12-16-18(26)8-5-9-19(16)27/h3-11H,12H2,1-2H3. The zero-order valence-corrected chi connectivity index (χ0v) is 18.5. The second-order valence-corrected chi connectivity index (χ2v) is 8.23. The number of halogens is 3. The average Bonchev–Trinajstić information content (AvgIpc) is 2.68. The van der Waals surface area contributed by atoms with Crippen molar-refractivity contribution in [2.24, 2.45) is 0 Å². The fraction of sp³-hybridized carbons (Fsp3) is 0.125. The first-order valence-electron chi connectivity index (χ1n) is 9.25. The van der Waals surface area contributed by atoms with Crippen LogP contribution in [0.2, 0.25) is 15.1 Å². The molecule has 152 valence electrons. The van der Waals surface area contributed by atoms with Crippen LogP contribution in [-0.4, -0.2) is 0 Å². The predicted octanol–water partition coefficient (Wildman–Crippen LogP) is 7.62. The van der Waals surface area contributed by atoms with Crippen LogP contribution in [0.25, 0.3) is 22.3 Å². The van der Waals surface area contributed by atoms with Crippen LogP contribution in [0.3, 0.4) is 0 Å². The number of benzene rings is 3. The molecule has 0 spiro atoms. The summed E-state index contributed by atoms with van der Waals surface area (Å²) in [6.07, 6.45) is 0. The number of fused-ring (bicyclic) bond motifs is 1. The van der Waals surface area contributed by atoms with Crippen molar-refractivity contribution < 1.29 is 9.15 Å². The van der Waals surface area contributed by atoms with Gasteiger partial charge in [-0.25, -0.2) is 0 Å². The number of ether oxygens (including phenoxy) is 1. The van der Waals surface area contributed by atoms with E-state index in [2.05, 4.69) is 0 Å². The molecular weight excluding hydrogens is 443 g/mol. The summed E-state index contributed by atoms with van der Waals surface area (Å²) in [4.78, 5) is 13.5. The average molecular weight is 460 g/mol. The molecule has 1 heterocycles. The maximum Gasteiger partial charge on any atom is 0.235 e. The van der Waals surface area contributed by atoms with Gasteiger partial charge in [0.2, 0.25) is 11.2 Å².